The third kappa shape index (κ3) is 2.80. The Labute approximate surface area is 70.0 Å². The van der Waals surface area contributed by atoms with Crippen molar-refractivity contribution in [3.63, 3.8) is 0 Å². The Balaban J connectivity index is 2.15. The number of rotatable bonds is 3. The summed E-state index contributed by atoms with van der Waals surface area (Å²) in [5, 5.41) is 3.48. The maximum absolute atomic E-state index is 3.48. The molecule has 0 aromatic carbocycles. The zero-order valence-electron chi connectivity index (χ0n) is 7.93. The fraction of sp³-hybridized carbons (Fsp3) is 1.00. The monoisotopic (exact) mass is 156 g/mol. The summed E-state index contributed by atoms with van der Waals surface area (Å²) in [6.45, 7) is 6.85. The highest BCUT2D eigenvalue weighted by molar-refractivity contribution is 4.78. The summed E-state index contributed by atoms with van der Waals surface area (Å²) in [5.41, 5.74) is 0. The van der Waals surface area contributed by atoms with E-state index in [4.69, 9.17) is 0 Å². The third-order valence-corrected chi connectivity index (χ3v) is 2.43. The lowest BCUT2D eigenvalue weighted by atomic mass is 10.2. The second-order valence-corrected chi connectivity index (χ2v) is 3.84. The van der Waals surface area contributed by atoms with Crippen LogP contribution in [-0.2, 0) is 0 Å². The Morgan fingerprint density at radius 1 is 1.55 bits per heavy atom. The van der Waals surface area contributed by atoms with E-state index < -0.39 is 0 Å². The lowest BCUT2D eigenvalue weighted by Crippen LogP contribution is -2.38. The minimum atomic E-state index is 0.629. The molecule has 1 rings (SSSR count). The van der Waals surface area contributed by atoms with Crippen LogP contribution in [0.4, 0.5) is 0 Å². The van der Waals surface area contributed by atoms with Crippen molar-refractivity contribution in [3.05, 3.63) is 0 Å². The van der Waals surface area contributed by atoms with Crippen LogP contribution in [0.15, 0.2) is 0 Å². The van der Waals surface area contributed by atoms with Crippen molar-refractivity contribution in [1.82, 2.24) is 10.2 Å². The van der Waals surface area contributed by atoms with Crippen LogP contribution in [0.25, 0.3) is 0 Å². The van der Waals surface area contributed by atoms with E-state index in [1.165, 1.54) is 19.4 Å². The smallest absolute Gasteiger partial charge is 0.0218 e. The highest BCUT2D eigenvalue weighted by Gasteiger charge is 2.19. The first-order valence-corrected chi connectivity index (χ1v) is 4.64. The molecule has 0 amide bonds. The van der Waals surface area contributed by atoms with Crippen LogP contribution in [-0.4, -0.2) is 37.1 Å². The maximum Gasteiger partial charge on any atom is 0.0218 e. The van der Waals surface area contributed by atoms with Crippen molar-refractivity contribution in [2.75, 3.05) is 20.1 Å². The van der Waals surface area contributed by atoms with Crippen molar-refractivity contribution < 1.29 is 0 Å². The number of nitrogens with zero attached hydrogens (tertiary/aromatic N) is 1. The molecule has 1 aliphatic heterocycles. The SMILES string of the molecule is CC(C)NC[C@H]1CCCN1C. The van der Waals surface area contributed by atoms with Gasteiger partial charge in [0, 0.05) is 18.6 Å². The molecule has 0 bridgehead atoms. The topological polar surface area (TPSA) is 15.3 Å². The number of likely N-dealkylation sites (tertiary alicyclic amines) is 1. The molecule has 1 aliphatic rings. The van der Waals surface area contributed by atoms with E-state index >= 15 is 0 Å². The van der Waals surface area contributed by atoms with Gasteiger partial charge in [0.05, 0.1) is 0 Å². The van der Waals surface area contributed by atoms with E-state index in [0.717, 1.165) is 12.6 Å². The molecular formula is C9H20N2. The van der Waals surface area contributed by atoms with Crippen LogP contribution in [0.1, 0.15) is 26.7 Å². The predicted octanol–water partition coefficient (Wildman–Crippen LogP) is 1.08. The van der Waals surface area contributed by atoms with Gasteiger partial charge in [-0.05, 0) is 26.4 Å². The summed E-state index contributed by atoms with van der Waals surface area (Å²) in [6, 6.07) is 1.42. The fourth-order valence-electron chi connectivity index (χ4n) is 1.61. The molecular weight excluding hydrogens is 136 g/mol. The van der Waals surface area contributed by atoms with Crippen LogP contribution >= 0.6 is 0 Å². The molecule has 0 spiro atoms. The Morgan fingerprint density at radius 3 is 2.73 bits per heavy atom. The standard InChI is InChI=1S/C9H20N2/c1-8(2)10-7-9-5-4-6-11(9)3/h8-10H,4-7H2,1-3H3/t9-/m1/s1. The number of hydrogen-bond acceptors (Lipinski definition) is 2. The van der Waals surface area contributed by atoms with Gasteiger partial charge in [-0.25, -0.2) is 0 Å². The van der Waals surface area contributed by atoms with E-state index in [1.807, 2.05) is 0 Å². The molecule has 2 nitrogen and oxygen atoms in total. The maximum atomic E-state index is 3.48. The third-order valence-electron chi connectivity index (χ3n) is 2.43. The lowest BCUT2D eigenvalue weighted by molar-refractivity contribution is 0.295. The molecule has 11 heavy (non-hydrogen) atoms. The normalized spacial score (nSPS) is 26.7. The number of nitrogens with one attached hydrogen (secondary N) is 1. The molecule has 0 radical (unpaired) electrons. The summed E-state index contributed by atoms with van der Waals surface area (Å²) in [4.78, 5) is 2.45. The van der Waals surface area contributed by atoms with E-state index in [9.17, 15) is 0 Å². The second-order valence-electron chi connectivity index (χ2n) is 3.84. The molecule has 1 N–H and O–H groups in total. The number of likely N-dealkylation sites (N-methyl/N-ethyl adjacent to an activating group) is 1. The van der Waals surface area contributed by atoms with Crippen LogP contribution in [0.3, 0.4) is 0 Å². The van der Waals surface area contributed by atoms with Crippen LogP contribution in [0.2, 0.25) is 0 Å². The lowest BCUT2D eigenvalue weighted by Gasteiger charge is -2.20. The minimum absolute atomic E-state index is 0.629. The molecule has 66 valence electrons. The van der Waals surface area contributed by atoms with Crippen molar-refractivity contribution in [2.45, 2.75) is 38.8 Å². The first kappa shape index (κ1) is 9.01. The van der Waals surface area contributed by atoms with E-state index in [-0.39, 0.29) is 0 Å². The summed E-state index contributed by atoms with van der Waals surface area (Å²) < 4.78 is 0. The molecule has 0 unspecified atom stereocenters. The largest absolute Gasteiger partial charge is 0.313 e. The van der Waals surface area contributed by atoms with Gasteiger partial charge in [-0.3, -0.25) is 0 Å². The van der Waals surface area contributed by atoms with Gasteiger partial charge < -0.3 is 10.2 Å². The van der Waals surface area contributed by atoms with Gasteiger partial charge in [0.25, 0.3) is 0 Å². The highest BCUT2D eigenvalue weighted by atomic mass is 15.2. The molecule has 1 fully saturated rings. The highest BCUT2D eigenvalue weighted by Crippen LogP contribution is 2.13. The van der Waals surface area contributed by atoms with Crippen molar-refractivity contribution in [2.24, 2.45) is 0 Å². The second kappa shape index (κ2) is 4.07. The van der Waals surface area contributed by atoms with Crippen LogP contribution in [0.5, 0.6) is 0 Å². The molecule has 1 heterocycles. The van der Waals surface area contributed by atoms with Crippen LogP contribution in [0, 0.1) is 0 Å². The number of hydrogen-bond donors (Lipinski definition) is 1. The van der Waals surface area contributed by atoms with Gasteiger partial charge in [-0.1, -0.05) is 13.8 Å². The molecule has 2 heteroatoms. The first-order chi connectivity index (χ1) is 5.20. The summed E-state index contributed by atoms with van der Waals surface area (Å²) >= 11 is 0. The van der Waals surface area contributed by atoms with E-state index in [2.05, 4.69) is 31.1 Å². The van der Waals surface area contributed by atoms with E-state index in [0.29, 0.717) is 6.04 Å². The van der Waals surface area contributed by atoms with Crippen molar-refractivity contribution in [1.29, 1.82) is 0 Å². The van der Waals surface area contributed by atoms with Gasteiger partial charge in [-0.2, -0.15) is 0 Å². The molecule has 0 saturated carbocycles. The predicted molar refractivity (Wildman–Crippen MR) is 48.8 cm³/mol. The average Bonchev–Trinajstić information content (AvgIpc) is 2.31. The van der Waals surface area contributed by atoms with E-state index in [1.54, 1.807) is 0 Å². The summed E-state index contributed by atoms with van der Waals surface area (Å²) in [7, 11) is 2.22. The van der Waals surface area contributed by atoms with Gasteiger partial charge in [0.1, 0.15) is 0 Å². The zero-order chi connectivity index (χ0) is 8.27. The zero-order valence-corrected chi connectivity index (χ0v) is 7.93. The van der Waals surface area contributed by atoms with Gasteiger partial charge in [-0.15, -0.1) is 0 Å². The molecule has 0 aromatic rings. The van der Waals surface area contributed by atoms with Crippen molar-refractivity contribution >= 4 is 0 Å². The Morgan fingerprint density at radius 2 is 2.27 bits per heavy atom. The fourth-order valence-corrected chi connectivity index (χ4v) is 1.61. The Bertz CT molecular complexity index is 112. The Kier molecular flexibility index (Phi) is 3.34. The van der Waals surface area contributed by atoms with Gasteiger partial charge >= 0.3 is 0 Å². The van der Waals surface area contributed by atoms with Crippen molar-refractivity contribution in [3.8, 4) is 0 Å². The van der Waals surface area contributed by atoms with Gasteiger partial charge in [0.15, 0.2) is 0 Å². The molecule has 0 aliphatic carbocycles. The first-order valence-electron chi connectivity index (χ1n) is 4.64. The minimum Gasteiger partial charge on any atom is -0.313 e. The quantitative estimate of drug-likeness (QED) is 0.658. The summed E-state index contributed by atoms with van der Waals surface area (Å²) in [6.07, 6.45) is 2.75. The molecule has 0 aromatic heterocycles. The molecule has 1 saturated heterocycles. The molecule has 1 atom stereocenters. The van der Waals surface area contributed by atoms with Crippen LogP contribution < -0.4 is 5.32 Å². The summed E-state index contributed by atoms with van der Waals surface area (Å²) in [5.74, 6) is 0. The van der Waals surface area contributed by atoms with Gasteiger partial charge in [0.2, 0.25) is 0 Å². The Hall–Kier alpha value is -0.0800. The average molecular weight is 156 g/mol.